The molecular formula is C38H44N6O4. The summed E-state index contributed by atoms with van der Waals surface area (Å²) in [5, 5.41) is 0. The fourth-order valence-electron chi connectivity index (χ4n) is 6.74. The fourth-order valence-corrected chi connectivity index (χ4v) is 6.74. The molecule has 1 aliphatic carbocycles. The molecule has 48 heavy (non-hydrogen) atoms. The number of imidazole rings is 2. The predicted octanol–water partition coefficient (Wildman–Crippen LogP) is 7.89. The lowest BCUT2D eigenvalue weighted by Gasteiger charge is -2.27. The van der Waals surface area contributed by atoms with Crippen LogP contribution in [-0.2, 0) is 9.47 Å². The second-order valence-corrected chi connectivity index (χ2v) is 15.5. The van der Waals surface area contributed by atoms with E-state index >= 15 is 0 Å². The monoisotopic (exact) mass is 648 g/mol. The van der Waals surface area contributed by atoms with Crippen LogP contribution in [0.15, 0.2) is 48.7 Å². The number of carbonyl (C=O) groups excluding carboxylic acids is 2. The van der Waals surface area contributed by atoms with Gasteiger partial charge in [-0.1, -0.05) is 24.0 Å². The van der Waals surface area contributed by atoms with Crippen LogP contribution in [0.3, 0.4) is 0 Å². The fraction of sp³-hybridized carbons (Fsp3) is 0.474. The molecular weight excluding hydrogens is 604 g/mol. The van der Waals surface area contributed by atoms with E-state index in [1.807, 2.05) is 95.1 Å². The summed E-state index contributed by atoms with van der Waals surface area (Å²) in [6.45, 7) is 12.7. The molecule has 1 saturated carbocycles. The maximum atomic E-state index is 13.1. The van der Waals surface area contributed by atoms with Crippen LogP contribution in [0.4, 0.5) is 9.59 Å². The maximum absolute atomic E-state index is 13.1. The first-order valence-corrected chi connectivity index (χ1v) is 16.9. The van der Waals surface area contributed by atoms with E-state index in [-0.39, 0.29) is 29.7 Å². The number of amides is 2. The molecule has 7 rings (SSSR count). The van der Waals surface area contributed by atoms with E-state index in [1.54, 1.807) is 4.90 Å². The van der Waals surface area contributed by atoms with Gasteiger partial charge in [0, 0.05) is 24.2 Å². The van der Waals surface area contributed by atoms with E-state index < -0.39 is 11.2 Å². The Morgan fingerprint density at radius 2 is 1.52 bits per heavy atom. The van der Waals surface area contributed by atoms with E-state index in [4.69, 9.17) is 19.4 Å². The van der Waals surface area contributed by atoms with Gasteiger partial charge in [0.15, 0.2) is 0 Å². The van der Waals surface area contributed by atoms with E-state index in [0.29, 0.717) is 6.54 Å². The molecule has 2 saturated heterocycles. The molecule has 0 unspecified atom stereocenters. The van der Waals surface area contributed by atoms with E-state index in [0.717, 1.165) is 83.7 Å². The van der Waals surface area contributed by atoms with Crippen LogP contribution in [0.5, 0.6) is 0 Å². The second kappa shape index (κ2) is 11.7. The highest BCUT2D eigenvalue weighted by Crippen LogP contribution is 2.58. The molecule has 2 amide bonds. The Balaban J connectivity index is 1.03. The lowest BCUT2D eigenvalue weighted by atomic mass is 10.0. The second-order valence-electron chi connectivity index (χ2n) is 15.5. The standard InChI is InChI=1S/C38H44N6O4/c1-36(2,3)47-34(45)43-19-7-8-30(43)33-40-27-16-13-25(20-28(27)41-33)10-9-24-11-14-26(15-12-24)29-22-39-32(42-29)31-21-38(17-18-38)23-44(31)35(46)48-37(4,5)6/h11-16,20,22,30-31H,7-8,17-19,21,23H2,1-6H3,(H,39,42)(H,40,41)/t30-,31-/m0/s1. The molecule has 2 N–H and O–H groups in total. The first-order chi connectivity index (χ1) is 22.7. The van der Waals surface area contributed by atoms with E-state index in [1.165, 1.54) is 0 Å². The minimum absolute atomic E-state index is 0.119. The topological polar surface area (TPSA) is 116 Å². The lowest BCUT2D eigenvalue weighted by molar-refractivity contribution is 0.0205. The van der Waals surface area contributed by atoms with Crippen LogP contribution in [-0.4, -0.2) is 66.2 Å². The molecule has 2 aromatic carbocycles. The Morgan fingerprint density at radius 3 is 2.21 bits per heavy atom. The number of ether oxygens (including phenoxy) is 2. The first-order valence-electron chi connectivity index (χ1n) is 16.9. The predicted molar refractivity (Wildman–Crippen MR) is 183 cm³/mol. The maximum Gasteiger partial charge on any atom is 0.410 e. The van der Waals surface area contributed by atoms with Crippen LogP contribution in [0, 0.1) is 17.3 Å². The van der Waals surface area contributed by atoms with Crippen molar-refractivity contribution in [1.82, 2.24) is 29.7 Å². The number of rotatable bonds is 3. The number of hydrogen-bond acceptors (Lipinski definition) is 6. The molecule has 4 aromatic rings. The average Bonchev–Trinajstić information content (AvgIpc) is 3.50. The molecule has 10 nitrogen and oxygen atoms in total. The van der Waals surface area contributed by atoms with Crippen molar-refractivity contribution < 1.29 is 19.1 Å². The SMILES string of the molecule is CC(C)(C)OC(=O)N1CC2(CC2)C[C@H]1c1ncc(-c2ccc(C#Cc3ccc4nc([C@@H]5CCCN5C(=O)OC(C)(C)C)[nH]c4c3)cc2)[nH]1. The Kier molecular flexibility index (Phi) is 7.77. The Bertz CT molecular complexity index is 1910. The zero-order chi connectivity index (χ0) is 33.8. The van der Waals surface area contributed by atoms with Crippen molar-refractivity contribution in [2.24, 2.45) is 5.41 Å². The van der Waals surface area contributed by atoms with E-state index in [2.05, 4.69) is 21.8 Å². The molecule has 1 spiro atoms. The van der Waals surface area contributed by atoms with Crippen molar-refractivity contribution >= 4 is 23.2 Å². The number of carbonyl (C=O) groups is 2. The molecule has 10 heteroatoms. The van der Waals surface area contributed by atoms with Gasteiger partial charge in [-0.2, -0.15) is 0 Å². The van der Waals surface area contributed by atoms with Gasteiger partial charge >= 0.3 is 12.2 Å². The number of likely N-dealkylation sites (tertiary alicyclic amines) is 2. The third-order valence-electron chi connectivity index (χ3n) is 9.25. The highest BCUT2D eigenvalue weighted by atomic mass is 16.6. The van der Waals surface area contributed by atoms with Gasteiger partial charge < -0.3 is 19.4 Å². The summed E-state index contributed by atoms with van der Waals surface area (Å²) in [6.07, 6.45) is 6.20. The highest BCUT2D eigenvalue weighted by Gasteiger charge is 2.55. The molecule has 2 aromatic heterocycles. The lowest BCUT2D eigenvalue weighted by Crippen LogP contribution is -2.37. The molecule has 0 bridgehead atoms. The van der Waals surface area contributed by atoms with Gasteiger partial charge in [0.2, 0.25) is 0 Å². The number of nitrogens with zero attached hydrogens (tertiary/aromatic N) is 4. The Labute approximate surface area is 281 Å². The molecule has 2 atom stereocenters. The van der Waals surface area contributed by atoms with Crippen LogP contribution < -0.4 is 0 Å². The zero-order valence-electron chi connectivity index (χ0n) is 28.6. The van der Waals surface area contributed by atoms with Gasteiger partial charge in [0.25, 0.3) is 0 Å². The van der Waals surface area contributed by atoms with E-state index in [9.17, 15) is 9.59 Å². The van der Waals surface area contributed by atoms with Crippen molar-refractivity contribution in [3.63, 3.8) is 0 Å². The zero-order valence-corrected chi connectivity index (χ0v) is 28.6. The summed E-state index contributed by atoms with van der Waals surface area (Å²) < 4.78 is 11.4. The molecule has 3 aliphatic rings. The normalized spacial score (nSPS) is 20.2. The summed E-state index contributed by atoms with van der Waals surface area (Å²) in [5.74, 6) is 8.12. The van der Waals surface area contributed by atoms with Gasteiger partial charge in [-0.15, -0.1) is 0 Å². The molecule has 0 radical (unpaired) electrons. The Morgan fingerprint density at radius 1 is 0.854 bits per heavy atom. The third-order valence-corrected chi connectivity index (χ3v) is 9.25. The summed E-state index contributed by atoms with van der Waals surface area (Å²) in [6, 6.07) is 13.8. The number of H-pyrrole nitrogens is 2. The molecule has 2 aliphatic heterocycles. The van der Waals surface area contributed by atoms with Crippen LogP contribution in [0.2, 0.25) is 0 Å². The summed E-state index contributed by atoms with van der Waals surface area (Å²) in [7, 11) is 0. The Hall–Kier alpha value is -4.78. The van der Waals surface area contributed by atoms with Crippen LogP contribution >= 0.6 is 0 Å². The van der Waals surface area contributed by atoms with Gasteiger partial charge in [-0.3, -0.25) is 9.80 Å². The average molecular weight is 649 g/mol. The number of benzene rings is 2. The molecule has 4 heterocycles. The van der Waals surface area contributed by atoms with Crippen molar-refractivity contribution in [2.45, 2.75) is 96.9 Å². The van der Waals surface area contributed by atoms with Gasteiger partial charge in [0.05, 0.1) is 35.0 Å². The minimum atomic E-state index is -0.545. The van der Waals surface area contributed by atoms with Crippen molar-refractivity contribution in [3.8, 4) is 23.1 Å². The largest absolute Gasteiger partial charge is 0.444 e. The summed E-state index contributed by atoms with van der Waals surface area (Å²) in [5.41, 5.74) is 4.51. The number of hydrogen-bond donors (Lipinski definition) is 2. The number of fused-ring (bicyclic) bond motifs is 1. The summed E-state index contributed by atoms with van der Waals surface area (Å²) in [4.78, 5) is 45.9. The van der Waals surface area contributed by atoms with Gasteiger partial charge in [-0.25, -0.2) is 19.6 Å². The number of nitrogens with one attached hydrogen (secondary N) is 2. The minimum Gasteiger partial charge on any atom is -0.444 e. The van der Waals surface area contributed by atoms with Crippen molar-refractivity contribution in [1.29, 1.82) is 0 Å². The quantitative estimate of drug-likeness (QED) is 0.218. The smallest absolute Gasteiger partial charge is 0.410 e. The first kappa shape index (κ1) is 31.8. The van der Waals surface area contributed by atoms with Crippen molar-refractivity contribution in [2.75, 3.05) is 13.1 Å². The van der Waals surface area contributed by atoms with Gasteiger partial charge in [-0.05, 0) is 115 Å². The molecule has 3 fully saturated rings. The molecule has 250 valence electrons. The number of aromatic amines is 2. The third kappa shape index (κ3) is 6.77. The highest BCUT2D eigenvalue weighted by molar-refractivity contribution is 5.77. The van der Waals surface area contributed by atoms with Gasteiger partial charge in [0.1, 0.15) is 22.9 Å². The van der Waals surface area contributed by atoms with Crippen LogP contribution in [0.1, 0.15) is 109 Å². The number of aromatic nitrogens is 4. The van der Waals surface area contributed by atoms with Crippen LogP contribution in [0.25, 0.3) is 22.3 Å². The summed E-state index contributed by atoms with van der Waals surface area (Å²) >= 11 is 0. The van der Waals surface area contributed by atoms with Crippen molar-refractivity contribution in [3.05, 3.63) is 71.4 Å².